The van der Waals surface area contributed by atoms with Crippen molar-refractivity contribution < 1.29 is 9.13 Å². The van der Waals surface area contributed by atoms with Crippen LogP contribution in [-0.2, 0) is 6.61 Å². The van der Waals surface area contributed by atoms with Crippen LogP contribution in [0.15, 0.2) is 79.0 Å². The first-order valence-electron chi connectivity index (χ1n) is 7.97. The zero-order valence-corrected chi connectivity index (χ0v) is 13.4. The molecule has 0 N–H and O–H groups in total. The summed E-state index contributed by atoms with van der Waals surface area (Å²) >= 11 is 0. The molecule has 122 valence electrons. The van der Waals surface area contributed by atoms with E-state index in [4.69, 9.17) is 4.74 Å². The fourth-order valence-corrected chi connectivity index (χ4v) is 2.57. The van der Waals surface area contributed by atoms with Crippen LogP contribution in [0.3, 0.4) is 0 Å². The first-order chi connectivity index (χ1) is 12.3. The molecule has 3 nitrogen and oxygen atoms in total. The SMILES string of the molecule is Fc1ccc(COc2ccc(-c3cnc4ccccc4n3)cc2)cc1. The van der Waals surface area contributed by atoms with Crippen molar-refractivity contribution in [3.05, 3.63) is 90.4 Å². The predicted molar refractivity (Wildman–Crippen MR) is 95.7 cm³/mol. The van der Waals surface area contributed by atoms with Gasteiger partial charge in [0, 0.05) is 5.56 Å². The van der Waals surface area contributed by atoms with Crippen molar-refractivity contribution >= 4 is 11.0 Å². The molecule has 0 aliphatic rings. The normalized spacial score (nSPS) is 10.8. The van der Waals surface area contributed by atoms with Crippen LogP contribution < -0.4 is 4.74 Å². The molecule has 0 saturated carbocycles. The second-order valence-corrected chi connectivity index (χ2v) is 5.68. The van der Waals surface area contributed by atoms with Gasteiger partial charge in [-0.15, -0.1) is 0 Å². The molecule has 0 radical (unpaired) electrons. The number of para-hydroxylation sites is 2. The number of fused-ring (bicyclic) bond motifs is 1. The van der Waals surface area contributed by atoms with Crippen molar-refractivity contribution in [2.75, 3.05) is 0 Å². The number of hydrogen-bond donors (Lipinski definition) is 0. The minimum absolute atomic E-state index is 0.246. The Labute approximate surface area is 144 Å². The van der Waals surface area contributed by atoms with E-state index in [2.05, 4.69) is 9.97 Å². The van der Waals surface area contributed by atoms with Gasteiger partial charge in [0.05, 0.1) is 22.9 Å². The fraction of sp³-hybridized carbons (Fsp3) is 0.0476. The quantitative estimate of drug-likeness (QED) is 0.527. The Bertz CT molecular complexity index is 998. The summed E-state index contributed by atoms with van der Waals surface area (Å²) in [5.74, 6) is 0.506. The first kappa shape index (κ1) is 15.3. The molecule has 0 aliphatic heterocycles. The molecule has 0 spiro atoms. The second-order valence-electron chi connectivity index (χ2n) is 5.68. The Balaban J connectivity index is 1.49. The smallest absolute Gasteiger partial charge is 0.123 e. The van der Waals surface area contributed by atoms with Gasteiger partial charge in [-0.25, -0.2) is 9.37 Å². The average molecular weight is 330 g/mol. The number of nitrogens with zero attached hydrogens (tertiary/aromatic N) is 2. The largest absolute Gasteiger partial charge is 0.489 e. The van der Waals surface area contributed by atoms with E-state index in [1.165, 1.54) is 12.1 Å². The van der Waals surface area contributed by atoms with Crippen LogP contribution in [-0.4, -0.2) is 9.97 Å². The molecule has 0 unspecified atom stereocenters. The van der Waals surface area contributed by atoms with Crippen molar-refractivity contribution in [3.8, 4) is 17.0 Å². The zero-order chi connectivity index (χ0) is 17.1. The number of ether oxygens (including phenoxy) is 1. The molecule has 0 fully saturated rings. The van der Waals surface area contributed by atoms with Gasteiger partial charge in [0.25, 0.3) is 0 Å². The summed E-state index contributed by atoms with van der Waals surface area (Å²) in [6.07, 6.45) is 1.77. The summed E-state index contributed by atoms with van der Waals surface area (Å²) in [5.41, 5.74) is 4.48. The van der Waals surface area contributed by atoms with Crippen LogP contribution in [0.1, 0.15) is 5.56 Å². The fourth-order valence-electron chi connectivity index (χ4n) is 2.57. The van der Waals surface area contributed by atoms with Gasteiger partial charge in [0.2, 0.25) is 0 Å². The van der Waals surface area contributed by atoms with Crippen LogP contribution in [0.4, 0.5) is 4.39 Å². The minimum atomic E-state index is -0.246. The van der Waals surface area contributed by atoms with Crippen molar-refractivity contribution in [1.29, 1.82) is 0 Å². The molecule has 4 rings (SSSR count). The third-order valence-electron chi connectivity index (χ3n) is 3.92. The molecule has 0 bridgehead atoms. The Morgan fingerprint density at radius 1 is 0.800 bits per heavy atom. The van der Waals surface area contributed by atoms with Crippen LogP contribution >= 0.6 is 0 Å². The van der Waals surface area contributed by atoms with Crippen LogP contribution in [0.5, 0.6) is 5.75 Å². The lowest BCUT2D eigenvalue weighted by molar-refractivity contribution is 0.306. The molecule has 25 heavy (non-hydrogen) atoms. The van der Waals surface area contributed by atoms with E-state index in [0.717, 1.165) is 33.6 Å². The van der Waals surface area contributed by atoms with Crippen LogP contribution in [0, 0.1) is 5.82 Å². The lowest BCUT2D eigenvalue weighted by Crippen LogP contribution is -1.95. The highest BCUT2D eigenvalue weighted by Gasteiger charge is 2.03. The maximum Gasteiger partial charge on any atom is 0.123 e. The highest BCUT2D eigenvalue weighted by molar-refractivity contribution is 5.76. The van der Waals surface area contributed by atoms with Gasteiger partial charge in [0.1, 0.15) is 18.2 Å². The second kappa shape index (κ2) is 6.69. The van der Waals surface area contributed by atoms with Gasteiger partial charge >= 0.3 is 0 Å². The van der Waals surface area contributed by atoms with E-state index in [0.29, 0.717) is 6.61 Å². The van der Waals surface area contributed by atoms with Gasteiger partial charge in [-0.05, 0) is 54.1 Å². The van der Waals surface area contributed by atoms with Gasteiger partial charge in [-0.3, -0.25) is 4.98 Å². The maximum absolute atomic E-state index is 12.9. The highest BCUT2D eigenvalue weighted by Crippen LogP contribution is 2.22. The minimum Gasteiger partial charge on any atom is -0.489 e. The third kappa shape index (κ3) is 3.48. The maximum atomic E-state index is 12.9. The molecule has 0 amide bonds. The lowest BCUT2D eigenvalue weighted by atomic mass is 10.1. The number of hydrogen-bond acceptors (Lipinski definition) is 3. The molecular formula is C21H15FN2O. The van der Waals surface area contributed by atoms with Gasteiger partial charge < -0.3 is 4.74 Å². The summed E-state index contributed by atoms with van der Waals surface area (Å²) in [7, 11) is 0. The van der Waals surface area contributed by atoms with Crippen LogP contribution in [0.25, 0.3) is 22.3 Å². The zero-order valence-electron chi connectivity index (χ0n) is 13.4. The average Bonchev–Trinajstić information content (AvgIpc) is 2.68. The molecule has 4 heteroatoms. The summed E-state index contributed by atoms with van der Waals surface area (Å²) in [5, 5.41) is 0. The number of rotatable bonds is 4. The Kier molecular flexibility index (Phi) is 4.09. The van der Waals surface area contributed by atoms with Crippen molar-refractivity contribution in [3.63, 3.8) is 0 Å². The molecule has 1 aromatic heterocycles. The summed E-state index contributed by atoms with van der Waals surface area (Å²) in [6, 6.07) is 21.8. The van der Waals surface area contributed by atoms with Crippen molar-refractivity contribution in [2.24, 2.45) is 0 Å². The first-order valence-corrected chi connectivity index (χ1v) is 7.97. The van der Waals surface area contributed by atoms with Gasteiger partial charge in [0.15, 0.2) is 0 Å². The van der Waals surface area contributed by atoms with Crippen molar-refractivity contribution in [2.45, 2.75) is 6.61 Å². The number of halogens is 1. The molecule has 0 aliphatic carbocycles. The van der Waals surface area contributed by atoms with E-state index in [9.17, 15) is 4.39 Å². The van der Waals surface area contributed by atoms with Gasteiger partial charge in [-0.1, -0.05) is 24.3 Å². The van der Waals surface area contributed by atoms with E-state index >= 15 is 0 Å². The highest BCUT2D eigenvalue weighted by atomic mass is 19.1. The molecular weight excluding hydrogens is 315 g/mol. The summed E-state index contributed by atoms with van der Waals surface area (Å²) < 4.78 is 18.6. The number of benzene rings is 3. The molecule has 4 aromatic rings. The Hall–Kier alpha value is -3.27. The van der Waals surface area contributed by atoms with E-state index in [1.54, 1.807) is 18.3 Å². The van der Waals surface area contributed by atoms with Crippen molar-refractivity contribution in [1.82, 2.24) is 9.97 Å². The monoisotopic (exact) mass is 330 g/mol. The molecule has 1 heterocycles. The van der Waals surface area contributed by atoms with E-state index < -0.39 is 0 Å². The van der Waals surface area contributed by atoms with Crippen LogP contribution in [0.2, 0.25) is 0 Å². The molecule has 3 aromatic carbocycles. The topological polar surface area (TPSA) is 35.0 Å². The standard InChI is InChI=1S/C21H15FN2O/c22-17-9-5-15(6-10-17)14-25-18-11-7-16(8-12-18)21-13-23-19-3-1-2-4-20(19)24-21/h1-13H,14H2. The third-order valence-corrected chi connectivity index (χ3v) is 3.92. The predicted octanol–water partition coefficient (Wildman–Crippen LogP) is 5.01. The lowest BCUT2D eigenvalue weighted by Gasteiger charge is -2.08. The summed E-state index contributed by atoms with van der Waals surface area (Å²) in [6.45, 7) is 0.398. The summed E-state index contributed by atoms with van der Waals surface area (Å²) in [4.78, 5) is 9.08. The van der Waals surface area contributed by atoms with Gasteiger partial charge in [-0.2, -0.15) is 0 Å². The number of aromatic nitrogens is 2. The Morgan fingerprint density at radius 3 is 2.28 bits per heavy atom. The van der Waals surface area contributed by atoms with E-state index in [1.807, 2.05) is 48.5 Å². The molecule has 0 saturated heterocycles. The Morgan fingerprint density at radius 2 is 1.52 bits per heavy atom. The molecule has 0 atom stereocenters. The van der Waals surface area contributed by atoms with E-state index in [-0.39, 0.29) is 5.82 Å².